The second kappa shape index (κ2) is 7.78. The van der Waals surface area contributed by atoms with Gasteiger partial charge in [0.2, 0.25) is 0 Å². The number of H-pyrrole nitrogens is 1. The molecule has 1 fully saturated rings. The summed E-state index contributed by atoms with van der Waals surface area (Å²) in [5, 5.41) is 4.52. The van der Waals surface area contributed by atoms with E-state index in [0.29, 0.717) is 6.54 Å². The van der Waals surface area contributed by atoms with Crippen molar-refractivity contribution in [3.05, 3.63) is 76.3 Å². The number of benzene rings is 1. The molecule has 1 atom stereocenters. The summed E-state index contributed by atoms with van der Waals surface area (Å²) in [6, 6.07) is 14.3. The number of nitrogens with zero attached hydrogens (tertiary/aromatic N) is 2. The molecule has 25 heavy (non-hydrogen) atoms. The van der Waals surface area contributed by atoms with Crippen LogP contribution in [0.3, 0.4) is 0 Å². The molecule has 2 N–H and O–H groups in total. The van der Waals surface area contributed by atoms with Gasteiger partial charge in [0.05, 0.1) is 0 Å². The third-order valence-corrected chi connectivity index (χ3v) is 4.65. The Balaban J connectivity index is 0.00000182. The highest BCUT2D eigenvalue weighted by atomic mass is 35.5. The number of nitrogens with one attached hydrogen (secondary N) is 2. The second-order valence-electron chi connectivity index (χ2n) is 6.18. The zero-order valence-corrected chi connectivity index (χ0v) is 14.6. The van der Waals surface area contributed by atoms with Crippen LogP contribution in [0.4, 0.5) is 0 Å². The maximum atomic E-state index is 12.4. The Morgan fingerprint density at radius 3 is 2.80 bits per heavy atom. The standard InChI is InChI=1S/C19H20N4O.ClH/c24-19-16(11-15-3-1-2-4-17(15)22-19)13-23-10-9-21-12-18(23)14-5-7-20-8-6-14;/h1-8,11,18,21H,9-10,12-13H2,(H,22,24);1H. The Kier molecular flexibility index (Phi) is 5.48. The highest BCUT2D eigenvalue weighted by Crippen LogP contribution is 2.23. The van der Waals surface area contributed by atoms with E-state index in [9.17, 15) is 4.79 Å². The van der Waals surface area contributed by atoms with E-state index in [4.69, 9.17) is 0 Å². The summed E-state index contributed by atoms with van der Waals surface area (Å²) in [4.78, 5) is 21.9. The third kappa shape index (κ3) is 3.74. The van der Waals surface area contributed by atoms with Crippen molar-refractivity contribution in [3.63, 3.8) is 0 Å². The van der Waals surface area contributed by atoms with Gasteiger partial charge in [-0.25, -0.2) is 0 Å². The van der Waals surface area contributed by atoms with Crippen LogP contribution in [-0.4, -0.2) is 34.5 Å². The number of aromatic nitrogens is 2. The van der Waals surface area contributed by atoms with E-state index >= 15 is 0 Å². The van der Waals surface area contributed by atoms with Gasteiger partial charge in [-0.3, -0.25) is 14.7 Å². The molecular formula is C19H21ClN4O. The molecule has 0 saturated carbocycles. The van der Waals surface area contributed by atoms with Gasteiger partial charge in [-0.1, -0.05) is 18.2 Å². The Morgan fingerprint density at radius 2 is 1.96 bits per heavy atom. The van der Waals surface area contributed by atoms with Crippen LogP contribution in [-0.2, 0) is 6.54 Å². The van der Waals surface area contributed by atoms with Crippen molar-refractivity contribution in [2.45, 2.75) is 12.6 Å². The molecule has 5 nitrogen and oxygen atoms in total. The molecule has 0 bridgehead atoms. The fourth-order valence-electron chi connectivity index (χ4n) is 3.38. The highest BCUT2D eigenvalue weighted by molar-refractivity contribution is 5.85. The first-order valence-corrected chi connectivity index (χ1v) is 8.27. The second-order valence-corrected chi connectivity index (χ2v) is 6.18. The van der Waals surface area contributed by atoms with Gasteiger partial charge in [0, 0.05) is 55.7 Å². The molecule has 1 unspecified atom stereocenters. The topological polar surface area (TPSA) is 61.0 Å². The van der Waals surface area contributed by atoms with Crippen molar-refractivity contribution in [2.75, 3.05) is 19.6 Å². The molecule has 1 aromatic carbocycles. The molecule has 6 heteroatoms. The number of fused-ring (bicyclic) bond motifs is 1. The third-order valence-electron chi connectivity index (χ3n) is 4.65. The molecule has 2 aromatic heterocycles. The molecule has 0 spiro atoms. The molecule has 0 radical (unpaired) electrons. The average molecular weight is 357 g/mol. The summed E-state index contributed by atoms with van der Waals surface area (Å²) in [6.07, 6.45) is 3.65. The van der Waals surface area contributed by atoms with Crippen molar-refractivity contribution in [1.82, 2.24) is 20.2 Å². The summed E-state index contributed by atoms with van der Waals surface area (Å²) in [7, 11) is 0. The van der Waals surface area contributed by atoms with E-state index in [1.54, 1.807) is 0 Å². The Morgan fingerprint density at radius 1 is 1.16 bits per heavy atom. The van der Waals surface area contributed by atoms with Gasteiger partial charge in [0.25, 0.3) is 5.56 Å². The van der Waals surface area contributed by atoms with Crippen LogP contribution in [0.25, 0.3) is 10.9 Å². The van der Waals surface area contributed by atoms with E-state index in [-0.39, 0.29) is 24.0 Å². The number of hydrogen-bond acceptors (Lipinski definition) is 4. The Hall–Kier alpha value is -2.21. The molecule has 0 amide bonds. The lowest BCUT2D eigenvalue weighted by Crippen LogP contribution is -2.46. The number of aromatic amines is 1. The quantitative estimate of drug-likeness (QED) is 0.757. The van der Waals surface area contributed by atoms with Crippen LogP contribution >= 0.6 is 12.4 Å². The molecule has 1 aliphatic heterocycles. The molecule has 0 aliphatic carbocycles. The van der Waals surface area contributed by atoms with Crippen molar-refractivity contribution in [1.29, 1.82) is 0 Å². The molecular weight excluding hydrogens is 336 g/mol. The first kappa shape index (κ1) is 17.6. The predicted octanol–water partition coefficient (Wildman–Crippen LogP) is 2.49. The molecule has 1 saturated heterocycles. The summed E-state index contributed by atoms with van der Waals surface area (Å²) >= 11 is 0. The summed E-state index contributed by atoms with van der Waals surface area (Å²) in [6.45, 7) is 3.39. The molecule has 1 aliphatic rings. The zero-order chi connectivity index (χ0) is 16.4. The van der Waals surface area contributed by atoms with Gasteiger partial charge in [-0.2, -0.15) is 0 Å². The van der Waals surface area contributed by atoms with Crippen molar-refractivity contribution in [2.24, 2.45) is 0 Å². The lowest BCUT2D eigenvalue weighted by atomic mass is 10.0. The number of rotatable bonds is 3. The van der Waals surface area contributed by atoms with Gasteiger partial charge < -0.3 is 10.3 Å². The smallest absolute Gasteiger partial charge is 0.252 e. The lowest BCUT2D eigenvalue weighted by molar-refractivity contribution is 0.153. The van der Waals surface area contributed by atoms with Crippen LogP contribution in [0.15, 0.2) is 59.7 Å². The maximum absolute atomic E-state index is 12.4. The minimum absolute atomic E-state index is 0. The van der Waals surface area contributed by atoms with Gasteiger partial charge >= 0.3 is 0 Å². The van der Waals surface area contributed by atoms with Crippen LogP contribution in [0, 0.1) is 0 Å². The minimum Gasteiger partial charge on any atom is -0.322 e. The fourth-order valence-corrected chi connectivity index (χ4v) is 3.38. The predicted molar refractivity (Wildman–Crippen MR) is 102 cm³/mol. The number of halogens is 1. The van der Waals surface area contributed by atoms with Crippen LogP contribution < -0.4 is 10.9 Å². The van der Waals surface area contributed by atoms with Crippen molar-refractivity contribution < 1.29 is 0 Å². The minimum atomic E-state index is 0. The number of para-hydroxylation sites is 1. The number of hydrogen-bond donors (Lipinski definition) is 2. The van der Waals surface area contributed by atoms with E-state index < -0.39 is 0 Å². The van der Waals surface area contributed by atoms with Crippen LogP contribution in [0.1, 0.15) is 17.2 Å². The zero-order valence-electron chi connectivity index (χ0n) is 13.8. The summed E-state index contributed by atoms with van der Waals surface area (Å²) in [5.74, 6) is 0. The van der Waals surface area contributed by atoms with E-state index in [1.165, 1.54) is 5.56 Å². The fraction of sp³-hybridized carbons (Fsp3) is 0.263. The molecule has 4 rings (SSSR count). The monoisotopic (exact) mass is 356 g/mol. The van der Waals surface area contributed by atoms with Gasteiger partial charge in [0.15, 0.2) is 0 Å². The van der Waals surface area contributed by atoms with Gasteiger partial charge in [-0.15, -0.1) is 12.4 Å². The van der Waals surface area contributed by atoms with Crippen molar-refractivity contribution >= 4 is 23.3 Å². The first-order valence-electron chi connectivity index (χ1n) is 8.27. The highest BCUT2D eigenvalue weighted by Gasteiger charge is 2.24. The van der Waals surface area contributed by atoms with E-state index in [1.807, 2.05) is 42.7 Å². The molecule has 3 heterocycles. The van der Waals surface area contributed by atoms with Crippen LogP contribution in [0.2, 0.25) is 0 Å². The number of piperazine rings is 1. The van der Waals surface area contributed by atoms with Gasteiger partial charge in [0.1, 0.15) is 0 Å². The van der Waals surface area contributed by atoms with Crippen LogP contribution in [0.5, 0.6) is 0 Å². The van der Waals surface area contributed by atoms with Gasteiger partial charge in [-0.05, 0) is 35.2 Å². The van der Waals surface area contributed by atoms with E-state index in [0.717, 1.165) is 36.1 Å². The normalized spacial score (nSPS) is 18.0. The Labute approximate surface area is 152 Å². The largest absolute Gasteiger partial charge is 0.322 e. The lowest BCUT2D eigenvalue weighted by Gasteiger charge is -2.36. The first-order chi connectivity index (χ1) is 11.8. The summed E-state index contributed by atoms with van der Waals surface area (Å²) < 4.78 is 0. The summed E-state index contributed by atoms with van der Waals surface area (Å²) in [5.41, 5.74) is 2.93. The van der Waals surface area contributed by atoms with Crippen molar-refractivity contribution in [3.8, 4) is 0 Å². The SMILES string of the molecule is Cl.O=c1[nH]c2ccccc2cc1CN1CCNCC1c1ccncc1. The maximum Gasteiger partial charge on any atom is 0.252 e. The molecule has 3 aromatic rings. The van der Waals surface area contributed by atoms with E-state index in [2.05, 4.69) is 32.3 Å². The average Bonchev–Trinajstić information content (AvgIpc) is 2.63. The Bertz CT molecular complexity index is 897. The molecule has 130 valence electrons. The number of pyridine rings is 2.